The van der Waals surface area contributed by atoms with Crippen molar-refractivity contribution >= 4 is 31.8 Å². The number of carbonyl (C=O) groups excluding carboxylic acids is 4. The van der Waals surface area contributed by atoms with Crippen molar-refractivity contribution in [3.8, 4) is 0 Å². The number of nitrogens with zero attached hydrogens (tertiary/aromatic N) is 1. The van der Waals surface area contributed by atoms with Gasteiger partial charge in [-0.25, -0.2) is 0 Å². The Kier molecular flexibility index (Phi) is 11.7. The van der Waals surface area contributed by atoms with Gasteiger partial charge in [-0.15, -0.1) is 0 Å². The minimum atomic E-state index is -3.02. The Bertz CT molecular complexity index is 1420. The Morgan fingerprint density at radius 2 is 1.22 bits per heavy atom. The van der Waals surface area contributed by atoms with Crippen LogP contribution in [-0.4, -0.2) is 45.8 Å². The van der Waals surface area contributed by atoms with E-state index in [0.29, 0.717) is 41.5 Å². The summed E-state index contributed by atoms with van der Waals surface area (Å²) < 4.78 is 24.4. The predicted molar refractivity (Wildman–Crippen MR) is 168 cm³/mol. The molecule has 3 aromatic rings. The molecule has 0 aromatic heterocycles. The number of amides is 2. The second kappa shape index (κ2) is 15.7. The lowest BCUT2D eigenvalue weighted by Crippen LogP contribution is -2.50. The summed E-state index contributed by atoms with van der Waals surface area (Å²) in [4.78, 5) is 65.2. The van der Waals surface area contributed by atoms with Crippen molar-refractivity contribution in [3.63, 3.8) is 0 Å². The van der Waals surface area contributed by atoms with E-state index in [0.717, 1.165) is 0 Å². The maximum atomic E-state index is 14.0. The predicted octanol–water partition coefficient (Wildman–Crippen LogP) is 6.47. The van der Waals surface area contributed by atoms with Crippen molar-refractivity contribution in [2.24, 2.45) is 11.3 Å². The molecule has 1 aliphatic rings. The van der Waals surface area contributed by atoms with E-state index < -0.39 is 31.0 Å². The van der Waals surface area contributed by atoms with Crippen molar-refractivity contribution in [2.45, 2.75) is 64.8 Å². The molecular weight excluding hydrogens is 593 g/mol. The van der Waals surface area contributed by atoms with E-state index in [1.807, 2.05) is 26.0 Å². The molecule has 0 fully saturated rings. The average molecular weight is 633 g/mol. The van der Waals surface area contributed by atoms with Gasteiger partial charge in [-0.05, 0) is 59.4 Å². The van der Waals surface area contributed by atoms with E-state index >= 15 is 0 Å². The minimum Gasteiger partial charge on any atom is -0.460 e. The third kappa shape index (κ3) is 8.10. The molecule has 2 atom stereocenters. The molecule has 3 aromatic carbocycles. The van der Waals surface area contributed by atoms with Gasteiger partial charge in [0.25, 0.3) is 11.8 Å². The van der Waals surface area contributed by atoms with Crippen molar-refractivity contribution in [1.29, 1.82) is 0 Å². The SMILES string of the molecule is CC(C)CC(C(=O)OCc1ccccc1)(C(=O)OCc1ccccc1)[C@@H](CCCCCN1C(=O)c2ccccc2C1=O)[P+](=O)O. The summed E-state index contributed by atoms with van der Waals surface area (Å²) in [6, 6.07) is 24.7. The lowest BCUT2D eigenvalue weighted by atomic mass is 9.75. The molecular formula is C35H39NO8P+. The molecule has 0 saturated carbocycles. The fourth-order valence-corrected chi connectivity index (χ4v) is 6.87. The summed E-state index contributed by atoms with van der Waals surface area (Å²) in [7, 11) is -3.02. The first kappa shape index (κ1) is 33.7. The summed E-state index contributed by atoms with van der Waals surface area (Å²) in [6.07, 6.45) is 1.32. The molecule has 1 aliphatic heterocycles. The van der Waals surface area contributed by atoms with Crippen molar-refractivity contribution in [1.82, 2.24) is 4.90 Å². The lowest BCUT2D eigenvalue weighted by molar-refractivity contribution is -0.176. The van der Waals surface area contributed by atoms with E-state index in [4.69, 9.17) is 9.47 Å². The van der Waals surface area contributed by atoms with Gasteiger partial charge in [0.2, 0.25) is 11.1 Å². The molecule has 1 heterocycles. The lowest BCUT2D eigenvalue weighted by Gasteiger charge is -2.32. The Hall–Kier alpha value is -4.20. The van der Waals surface area contributed by atoms with E-state index in [1.165, 1.54) is 4.90 Å². The van der Waals surface area contributed by atoms with Crippen LogP contribution in [0.1, 0.15) is 77.8 Å². The molecule has 0 saturated heterocycles. The van der Waals surface area contributed by atoms with E-state index in [2.05, 4.69) is 0 Å². The van der Waals surface area contributed by atoms with Crippen LogP contribution in [0.5, 0.6) is 0 Å². The largest absolute Gasteiger partial charge is 0.510 e. The number of fused-ring (bicyclic) bond motifs is 1. The average Bonchev–Trinajstić information content (AvgIpc) is 3.28. The highest BCUT2D eigenvalue weighted by Gasteiger charge is 2.63. The van der Waals surface area contributed by atoms with Gasteiger partial charge in [0.1, 0.15) is 13.2 Å². The number of carbonyl (C=O) groups is 4. The van der Waals surface area contributed by atoms with Crippen LogP contribution in [0, 0.1) is 11.3 Å². The Labute approximate surface area is 264 Å². The number of unbranched alkanes of at least 4 members (excludes halogenated alkanes) is 2. The molecule has 1 N–H and O–H groups in total. The fourth-order valence-electron chi connectivity index (χ4n) is 5.78. The first-order valence-electron chi connectivity index (χ1n) is 15.2. The zero-order valence-corrected chi connectivity index (χ0v) is 26.5. The first-order chi connectivity index (χ1) is 21.6. The monoisotopic (exact) mass is 632 g/mol. The standard InChI is InChI=1S/C35H38NO8P/c1-25(2)22-35(33(39)43-23-26-14-6-3-7-15-26,34(40)44-24-27-16-8-4-9-17-27)30(45(41)42)20-10-5-13-21-36-31(37)28-18-11-12-19-29(28)32(36)38/h3-4,6-9,11-12,14-19,25,30H,5,10,13,20-24H2,1-2H3/p+1/t30-/m1/s1. The molecule has 10 heteroatoms. The van der Waals surface area contributed by atoms with Gasteiger partial charge in [0, 0.05) is 6.54 Å². The molecule has 9 nitrogen and oxygen atoms in total. The molecule has 0 aliphatic carbocycles. The molecule has 4 rings (SSSR count). The molecule has 2 amide bonds. The molecule has 236 valence electrons. The number of rotatable bonds is 16. The van der Waals surface area contributed by atoms with Crippen LogP contribution in [0.4, 0.5) is 0 Å². The normalized spacial score (nSPS) is 13.9. The maximum Gasteiger partial charge on any atom is 0.510 e. The summed E-state index contributed by atoms with van der Waals surface area (Å²) in [5, 5.41) is 0. The third-order valence-corrected chi connectivity index (χ3v) is 9.19. The molecule has 1 unspecified atom stereocenters. The zero-order valence-electron chi connectivity index (χ0n) is 25.6. The highest BCUT2D eigenvalue weighted by molar-refractivity contribution is 7.39. The van der Waals surface area contributed by atoms with Crippen LogP contribution < -0.4 is 0 Å². The van der Waals surface area contributed by atoms with Gasteiger partial charge in [-0.1, -0.05) is 93.1 Å². The minimum absolute atomic E-state index is 0.0460. The van der Waals surface area contributed by atoms with E-state index in [9.17, 15) is 28.6 Å². The van der Waals surface area contributed by atoms with Gasteiger partial charge in [0.05, 0.1) is 11.1 Å². The number of hydrogen-bond donors (Lipinski definition) is 1. The quantitative estimate of drug-likeness (QED) is 0.0626. The van der Waals surface area contributed by atoms with Crippen LogP contribution in [-0.2, 0) is 36.8 Å². The Morgan fingerprint density at radius 1 is 0.756 bits per heavy atom. The number of esters is 2. The summed E-state index contributed by atoms with van der Waals surface area (Å²) in [5.74, 6) is -2.70. The molecule has 0 bridgehead atoms. The summed E-state index contributed by atoms with van der Waals surface area (Å²) in [5.41, 5.74) is -1.13. The van der Waals surface area contributed by atoms with E-state index in [1.54, 1.807) is 72.8 Å². The van der Waals surface area contributed by atoms with Gasteiger partial charge in [-0.2, -0.15) is 4.89 Å². The highest BCUT2D eigenvalue weighted by atomic mass is 31.1. The van der Waals surface area contributed by atoms with Crippen molar-refractivity contribution in [3.05, 3.63) is 107 Å². The molecule has 45 heavy (non-hydrogen) atoms. The van der Waals surface area contributed by atoms with Gasteiger partial charge < -0.3 is 9.47 Å². The number of benzene rings is 3. The molecule has 0 radical (unpaired) electrons. The summed E-state index contributed by atoms with van der Waals surface area (Å²) >= 11 is 0. The Morgan fingerprint density at radius 3 is 1.67 bits per heavy atom. The maximum absolute atomic E-state index is 14.0. The summed E-state index contributed by atoms with van der Waals surface area (Å²) in [6.45, 7) is 3.62. The number of imide groups is 1. The van der Waals surface area contributed by atoms with E-state index in [-0.39, 0.29) is 50.3 Å². The second-order valence-electron chi connectivity index (χ2n) is 11.7. The smallest absolute Gasteiger partial charge is 0.460 e. The fraction of sp³-hybridized carbons (Fsp3) is 0.371. The zero-order chi connectivity index (χ0) is 32.4. The van der Waals surface area contributed by atoms with Gasteiger partial charge in [-0.3, -0.25) is 24.1 Å². The van der Waals surface area contributed by atoms with Crippen LogP contribution in [0.2, 0.25) is 0 Å². The van der Waals surface area contributed by atoms with Crippen LogP contribution >= 0.6 is 8.03 Å². The van der Waals surface area contributed by atoms with Crippen LogP contribution in [0.25, 0.3) is 0 Å². The van der Waals surface area contributed by atoms with Crippen molar-refractivity contribution < 1.29 is 38.1 Å². The van der Waals surface area contributed by atoms with Crippen LogP contribution in [0.3, 0.4) is 0 Å². The molecule has 0 spiro atoms. The topological polar surface area (TPSA) is 127 Å². The highest BCUT2D eigenvalue weighted by Crippen LogP contribution is 2.47. The first-order valence-corrected chi connectivity index (χ1v) is 16.5. The van der Waals surface area contributed by atoms with Gasteiger partial charge >= 0.3 is 20.0 Å². The second-order valence-corrected chi connectivity index (χ2v) is 12.9. The van der Waals surface area contributed by atoms with Crippen molar-refractivity contribution in [2.75, 3.05) is 6.54 Å². The van der Waals surface area contributed by atoms with Gasteiger partial charge in [0.15, 0.2) is 0 Å². The third-order valence-electron chi connectivity index (χ3n) is 7.96. The number of ether oxygens (including phenoxy) is 2. The van der Waals surface area contributed by atoms with Crippen LogP contribution in [0.15, 0.2) is 84.9 Å². The number of hydrogen-bond acceptors (Lipinski definition) is 7. The Balaban J connectivity index is 1.51.